The highest BCUT2D eigenvalue weighted by atomic mass is 16.6. The van der Waals surface area contributed by atoms with E-state index in [-0.39, 0.29) is 0 Å². The molecule has 2 heterocycles. The van der Waals surface area contributed by atoms with E-state index in [0.29, 0.717) is 11.2 Å². The number of aromatic amines is 1. The molecule has 0 aliphatic rings. The van der Waals surface area contributed by atoms with Gasteiger partial charge in [0.2, 0.25) is 0 Å². The summed E-state index contributed by atoms with van der Waals surface area (Å²) >= 11 is 0. The van der Waals surface area contributed by atoms with Gasteiger partial charge in [-0.3, -0.25) is 4.98 Å². The Balaban J connectivity index is 2.52. The smallest absolute Gasteiger partial charge is 0.423 e. The van der Waals surface area contributed by atoms with E-state index in [2.05, 4.69) is 9.97 Å². The predicted molar refractivity (Wildman–Crippen MR) is 62.0 cm³/mol. The Morgan fingerprint density at radius 2 is 2.18 bits per heavy atom. The SMILES string of the molecule is CC(C)(C)OC(=O)n1c(=O)[nH]c2ncccc21. The zero-order valence-electron chi connectivity index (χ0n) is 9.85. The lowest BCUT2D eigenvalue weighted by Crippen LogP contribution is -2.32. The van der Waals surface area contributed by atoms with Crippen molar-refractivity contribution in [3.8, 4) is 0 Å². The predicted octanol–water partition coefficient (Wildman–Crippen LogP) is 1.51. The van der Waals surface area contributed by atoms with Crippen LogP contribution in [0.2, 0.25) is 0 Å². The fraction of sp³-hybridized carbons (Fsp3) is 0.364. The molecule has 0 saturated carbocycles. The summed E-state index contributed by atoms with van der Waals surface area (Å²) in [7, 11) is 0. The Morgan fingerprint density at radius 3 is 2.82 bits per heavy atom. The number of carbonyl (C=O) groups is 1. The van der Waals surface area contributed by atoms with Crippen LogP contribution in [0.25, 0.3) is 11.2 Å². The maximum absolute atomic E-state index is 11.8. The quantitative estimate of drug-likeness (QED) is 0.750. The lowest BCUT2D eigenvalue weighted by molar-refractivity contribution is 0.0538. The number of hydrogen-bond donors (Lipinski definition) is 1. The van der Waals surface area contributed by atoms with E-state index >= 15 is 0 Å². The Morgan fingerprint density at radius 1 is 1.47 bits per heavy atom. The minimum atomic E-state index is -0.707. The number of carbonyl (C=O) groups excluding carboxylic acids is 1. The molecular weight excluding hydrogens is 222 g/mol. The number of rotatable bonds is 0. The number of ether oxygens (including phenoxy) is 1. The van der Waals surface area contributed by atoms with Gasteiger partial charge in [-0.25, -0.2) is 14.6 Å². The highest BCUT2D eigenvalue weighted by Crippen LogP contribution is 2.11. The van der Waals surface area contributed by atoms with Gasteiger partial charge < -0.3 is 4.74 Å². The average molecular weight is 235 g/mol. The Kier molecular flexibility index (Phi) is 2.49. The second kappa shape index (κ2) is 3.73. The summed E-state index contributed by atoms with van der Waals surface area (Å²) in [6.45, 7) is 5.22. The van der Waals surface area contributed by atoms with Crippen LogP contribution in [0.4, 0.5) is 4.79 Å². The lowest BCUT2D eigenvalue weighted by Gasteiger charge is -2.19. The first-order valence-electron chi connectivity index (χ1n) is 5.17. The molecule has 0 radical (unpaired) electrons. The van der Waals surface area contributed by atoms with Crippen LogP contribution in [-0.4, -0.2) is 26.2 Å². The fourth-order valence-electron chi connectivity index (χ4n) is 1.43. The average Bonchev–Trinajstić information content (AvgIpc) is 2.50. The molecule has 2 aromatic rings. The van der Waals surface area contributed by atoms with Crippen molar-refractivity contribution in [2.45, 2.75) is 26.4 Å². The van der Waals surface area contributed by atoms with Crippen molar-refractivity contribution < 1.29 is 9.53 Å². The first kappa shape index (κ1) is 11.4. The van der Waals surface area contributed by atoms with Gasteiger partial charge in [0.25, 0.3) is 0 Å². The normalized spacial score (nSPS) is 11.7. The molecule has 0 saturated heterocycles. The van der Waals surface area contributed by atoms with Gasteiger partial charge in [0.05, 0.1) is 5.52 Å². The second-order valence-corrected chi connectivity index (χ2v) is 4.62. The monoisotopic (exact) mass is 235 g/mol. The minimum Gasteiger partial charge on any atom is -0.443 e. The molecule has 2 aromatic heterocycles. The molecule has 2 rings (SSSR count). The first-order valence-corrected chi connectivity index (χ1v) is 5.17. The highest BCUT2D eigenvalue weighted by molar-refractivity contribution is 5.84. The molecule has 0 aromatic carbocycles. The topological polar surface area (TPSA) is 77.0 Å². The largest absolute Gasteiger partial charge is 0.443 e. The zero-order chi connectivity index (χ0) is 12.6. The standard InChI is InChI=1S/C11H13N3O3/c1-11(2,3)17-10(16)14-7-5-4-6-12-8(7)13-9(14)15/h4-6H,1-3H3,(H,12,13,15). The van der Waals surface area contributed by atoms with Gasteiger partial charge in [-0.2, -0.15) is 4.57 Å². The van der Waals surface area contributed by atoms with E-state index in [1.54, 1.807) is 32.9 Å². The minimum absolute atomic E-state index is 0.364. The number of aromatic nitrogens is 3. The number of hydrogen-bond acceptors (Lipinski definition) is 4. The van der Waals surface area contributed by atoms with Crippen molar-refractivity contribution in [1.29, 1.82) is 0 Å². The number of imidazole rings is 1. The molecule has 0 aliphatic carbocycles. The Bertz CT molecular complexity index is 619. The molecule has 6 nitrogen and oxygen atoms in total. The number of nitrogens with zero attached hydrogens (tertiary/aromatic N) is 2. The molecule has 1 N–H and O–H groups in total. The summed E-state index contributed by atoms with van der Waals surface area (Å²) < 4.78 is 6.09. The molecule has 90 valence electrons. The summed E-state index contributed by atoms with van der Waals surface area (Å²) in [5.74, 6) is 0. The van der Waals surface area contributed by atoms with E-state index in [1.807, 2.05) is 0 Å². The summed E-state index contributed by atoms with van der Waals surface area (Å²) in [5, 5.41) is 0. The summed E-state index contributed by atoms with van der Waals surface area (Å²) in [6.07, 6.45) is 0.833. The van der Waals surface area contributed by atoms with Crippen LogP contribution in [0.15, 0.2) is 23.1 Å². The van der Waals surface area contributed by atoms with E-state index in [0.717, 1.165) is 4.57 Å². The third kappa shape index (κ3) is 2.20. The van der Waals surface area contributed by atoms with Gasteiger partial charge in [0.1, 0.15) is 5.60 Å². The van der Waals surface area contributed by atoms with Crippen molar-refractivity contribution in [1.82, 2.24) is 14.5 Å². The molecular formula is C11H13N3O3. The van der Waals surface area contributed by atoms with Gasteiger partial charge in [-0.05, 0) is 32.9 Å². The van der Waals surface area contributed by atoms with Gasteiger partial charge in [0, 0.05) is 6.20 Å². The van der Waals surface area contributed by atoms with Crippen molar-refractivity contribution in [3.63, 3.8) is 0 Å². The molecule has 0 amide bonds. The molecule has 0 unspecified atom stereocenters. The van der Waals surface area contributed by atoms with Gasteiger partial charge in [-0.15, -0.1) is 0 Å². The lowest BCUT2D eigenvalue weighted by atomic mass is 10.2. The van der Waals surface area contributed by atoms with Crippen LogP contribution >= 0.6 is 0 Å². The third-order valence-corrected chi connectivity index (χ3v) is 2.03. The van der Waals surface area contributed by atoms with Crippen LogP contribution < -0.4 is 5.69 Å². The Labute approximate surface area is 97.2 Å². The van der Waals surface area contributed by atoms with Crippen LogP contribution in [0.1, 0.15) is 20.8 Å². The van der Waals surface area contributed by atoms with Crippen molar-refractivity contribution in [2.75, 3.05) is 0 Å². The number of pyridine rings is 1. The number of nitrogens with one attached hydrogen (secondary N) is 1. The van der Waals surface area contributed by atoms with Gasteiger partial charge >= 0.3 is 11.8 Å². The molecule has 0 fully saturated rings. The van der Waals surface area contributed by atoms with Crippen molar-refractivity contribution in [3.05, 3.63) is 28.8 Å². The highest BCUT2D eigenvalue weighted by Gasteiger charge is 2.21. The maximum atomic E-state index is 11.8. The summed E-state index contributed by atoms with van der Waals surface area (Å²) in [4.78, 5) is 29.9. The Hall–Kier alpha value is -2.11. The molecule has 6 heteroatoms. The van der Waals surface area contributed by atoms with Gasteiger partial charge in [0.15, 0.2) is 5.65 Å². The maximum Gasteiger partial charge on any atom is 0.423 e. The summed E-state index contributed by atoms with van der Waals surface area (Å²) in [5.41, 5.74) is -0.425. The van der Waals surface area contributed by atoms with E-state index < -0.39 is 17.4 Å². The van der Waals surface area contributed by atoms with E-state index in [1.165, 1.54) is 6.20 Å². The van der Waals surface area contributed by atoms with Crippen molar-refractivity contribution in [2.24, 2.45) is 0 Å². The van der Waals surface area contributed by atoms with Crippen LogP contribution in [0.5, 0.6) is 0 Å². The molecule has 0 spiro atoms. The molecule has 0 atom stereocenters. The molecule has 0 bridgehead atoms. The first-order chi connectivity index (χ1) is 7.88. The van der Waals surface area contributed by atoms with Crippen LogP contribution in [0, 0.1) is 0 Å². The zero-order valence-corrected chi connectivity index (χ0v) is 9.85. The third-order valence-electron chi connectivity index (χ3n) is 2.03. The summed E-state index contributed by atoms with van der Waals surface area (Å²) in [6, 6.07) is 3.28. The fourth-order valence-corrected chi connectivity index (χ4v) is 1.43. The van der Waals surface area contributed by atoms with Crippen molar-refractivity contribution >= 4 is 17.3 Å². The molecule has 17 heavy (non-hydrogen) atoms. The molecule has 0 aliphatic heterocycles. The number of H-pyrrole nitrogens is 1. The van der Waals surface area contributed by atoms with E-state index in [4.69, 9.17) is 4.74 Å². The van der Waals surface area contributed by atoms with Gasteiger partial charge in [-0.1, -0.05) is 0 Å². The van der Waals surface area contributed by atoms with Crippen LogP contribution in [-0.2, 0) is 4.74 Å². The number of fused-ring (bicyclic) bond motifs is 1. The second-order valence-electron chi connectivity index (χ2n) is 4.62. The van der Waals surface area contributed by atoms with Crippen LogP contribution in [0.3, 0.4) is 0 Å². The van der Waals surface area contributed by atoms with E-state index in [9.17, 15) is 9.59 Å².